The Hall–Kier alpha value is -2.20. The lowest BCUT2D eigenvalue weighted by Crippen LogP contribution is -2.37. The second kappa shape index (κ2) is 6.96. The van der Waals surface area contributed by atoms with Gasteiger partial charge < -0.3 is 9.64 Å². The summed E-state index contributed by atoms with van der Waals surface area (Å²) in [4.78, 5) is 11.4. The SMILES string of the molecule is COc1ccc2c(c1)CC(CCN1CCC1)=C2C(C)c1cnccn1. The number of nitrogens with zero attached hydrogens (tertiary/aromatic N) is 3. The Bertz CT molecular complexity index is 781. The van der Waals surface area contributed by atoms with Crippen LogP contribution < -0.4 is 4.74 Å². The fourth-order valence-corrected chi connectivity index (χ4v) is 3.96. The minimum atomic E-state index is 0.259. The fraction of sp³-hybridized carbons (Fsp3) is 0.429. The molecule has 1 atom stereocenters. The van der Waals surface area contributed by atoms with Crippen molar-refractivity contribution in [2.24, 2.45) is 0 Å². The number of benzene rings is 1. The van der Waals surface area contributed by atoms with Gasteiger partial charge in [0.2, 0.25) is 0 Å². The van der Waals surface area contributed by atoms with Gasteiger partial charge in [-0.05, 0) is 61.2 Å². The van der Waals surface area contributed by atoms with Crippen LogP contribution in [0.4, 0.5) is 0 Å². The predicted octanol–water partition coefficient (Wildman–Crippen LogP) is 3.69. The molecule has 4 rings (SSSR count). The Kier molecular flexibility index (Phi) is 4.53. The van der Waals surface area contributed by atoms with Crippen LogP contribution in [-0.4, -0.2) is 41.6 Å². The van der Waals surface area contributed by atoms with Crippen molar-refractivity contribution in [3.05, 3.63) is 59.2 Å². The molecule has 1 aliphatic carbocycles. The first kappa shape index (κ1) is 16.3. The third-order valence-corrected chi connectivity index (χ3v) is 5.53. The van der Waals surface area contributed by atoms with Gasteiger partial charge >= 0.3 is 0 Å². The zero-order valence-corrected chi connectivity index (χ0v) is 15.0. The number of hydrogen-bond acceptors (Lipinski definition) is 4. The summed E-state index contributed by atoms with van der Waals surface area (Å²) in [7, 11) is 1.73. The molecule has 0 bridgehead atoms. The molecule has 25 heavy (non-hydrogen) atoms. The monoisotopic (exact) mass is 335 g/mol. The van der Waals surface area contributed by atoms with Gasteiger partial charge in [-0.25, -0.2) is 0 Å². The zero-order valence-electron chi connectivity index (χ0n) is 15.0. The third-order valence-electron chi connectivity index (χ3n) is 5.53. The van der Waals surface area contributed by atoms with Gasteiger partial charge in [0.05, 0.1) is 12.8 Å². The number of allylic oxidation sites excluding steroid dienone is 1. The highest BCUT2D eigenvalue weighted by atomic mass is 16.5. The first-order chi connectivity index (χ1) is 12.3. The highest BCUT2D eigenvalue weighted by Crippen LogP contribution is 2.43. The summed E-state index contributed by atoms with van der Waals surface area (Å²) in [5, 5.41) is 0. The van der Waals surface area contributed by atoms with Crippen molar-refractivity contribution in [3.63, 3.8) is 0 Å². The van der Waals surface area contributed by atoms with Gasteiger partial charge in [0.25, 0.3) is 0 Å². The van der Waals surface area contributed by atoms with Crippen LogP contribution in [0.5, 0.6) is 5.75 Å². The highest BCUT2D eigenvalue weighted by Gasteiger charge is 2.28. The van der Waals surface area contributed by atoms with Crippen molar-refractivity contribution < 1.29 is 4.74 Å². The number of rotatable bonds is 6. The molecule has 0 saturated carbocycles. The third kappa shape index (κ3) is 3.19. The number of methoxy groups -OCH3 is 1. The van der Waals surface area contributed by atoms with Crippen LogP contribution in [0.1, 0.15) is 42.5 Å². The smallest absolute Gasteiger partial charge is 0.119 e. The molecule has 1 saturated heterocycles. The van der Waals surface area contributed by atoms with E-state index < -0.39 is 0 Å². The lowest BCUT2D eigenvalue weighted by Gasteiger charge is -2.31. The zero-order chi connectivity index (χ0) is 17.2. The number of hydrogen-bond donors (Lipinski definition) is 0. The Morgan fingerprint density at radius 1 is 1.24 bits per heavy atom. The van der Waals surface area contributed by atoms with Gasteiger partial charge in [-0.1, -0.05) is 18.6 Å². The molecular formula is C21H25N3O. The summed E-state index contributed by atoms with van der Waals surface area (Å²) in [6.45, 7) is 5.92. The van der Waals surface area contributed by atoms with Crippen LogP contribution in [0.3, 0.4) is 0 Å². The van der Waals surface area contributed by atoms with E-state index in [-0.39, 0.29) is 5.92 Å². The molecule has 1 unspecified atom stereocenters. The quantitative estimate of drug-likeness (QED) is 0.807. The molecule has 2 aromatic rings. The van der Waals surface area contributed by atoms with Gasteiger partial charge in [0, 0.05) is 31.1 Å². The van der Waals surface area contributed by atoms with E-state index in [1.807, 2.05) is 6.20 Å². The molecule has 0 radical (unpaired) electrons. The molecule has 0 N–H and O–H groups in total. The van der Waals surface area contributed by atoms with E-state index in [1.54, 1.807) is 25.1 Å². The van der Waals surface area contributed by atoms with Gasteiger partial charge in [-0.2, -0.15) is 0 Å². The second-order valence-electron chi connectivity index (χ2n) is 7.01. The average molecular weight is 335 g/mol. The molecule has 4 heteroatoms. The first-order valence-electron chi connectivity index (χ1n) is 9.13. The minimum Gasteiger partial charge on any atom is -0.497 e. The topological polar surface area (TPSA) is 38.2 Å². The van der Waals surface area contributed by atoms with Crippen molar-refractivity contribution >= 4 is 5.57 Å². The van der Waals surface area contributed by atoms with E-state index in [2.05, 4.69) is 40.0 Å². The van der Waals surface area contributed by atoms with Crippen molar-refractivity contribution in [1.82, 2.24) is 14.9 Å². The lowest BCUT2D eigenvalue weighted by atomic mass is 9.90. The molecule has 130 valence electrons. The lowest BCUT2D eigenvalue weighted by molar-refractivity contribution is 0.184. The largest absolute Gasteiger partial charge is 0.497 e. The van der Waals surface area contributed by atoms with E-state index in [0.717, 1.165) is 30.8 Å². The molecule has 2 heterocycles. The number of fused-ring (bicyclic) bond motifs is 1. The van der Waals surface area contributed by atoms with Crippen LogP contribution in [0, 0.1) is 0 Å². The van der Waals surface area contributed by atoms with Gasteiger partial charge in [-0.3, -0.25) is 9.97 Å². The Morgan fingerprint density at radius 2 is 2.12 bits per heavy atom. The average Bonchev–Trinajstić information content (AvgIpc) is 2.97. The van der Waals surface area contributed by atoms with Gasteiger partial charge in [0.15, 0.2) is 0 Å². The maximum Gasteiger partial charge on any atom is 0.119 e. The van der Waals surface area contributed by atoms with Crippen LogP contribution >= 0.6 is 0 Å². The Balaban J connectivity index is 1.67. The van der Waals surface area contributed by atoms with E-state index in [9.17, 15) is 0 Å². The summed E-state index contributed by atoms with van der Waals surface area (Å²) in [5.74, 6) is 1.20. The summed E-state index contributed by atoms with van der Waals surface area (Å²) < 4.78 is 5.43. The number of ether oxygens (including phenoxy) is 1. The molecular weight excluding hydrogens is 310 g/mol. The van der Waals surface area contributed by atoms with E-state index >= 15 is 0 Å². The predicted molar refractivity (Wildman–Crippen MR) is 99.7 cm³/mol. The molecule has 1 aliphatic heterocycles. The Labute approximate surface area is 149 Å². The van der Waals surface area contributed by atoms with Crippen molar-refractivity contribution in [1.29, 1.82) is 0 Å². The number of likely N-dealkylation sites (tertiary alicyclic amines) is 1. The van der Waals surface area contributed by atoms with Crippen LogP contribution in [-0.2, 0) is 6.42 Å². The maximum atomic E-state index is 5.43. The molecule has 2 aliphatic rings. The summed E-state index contributed by atoms with van der Waals surface area (Å²) in [6.07, 6.45) is 8.93. The van der Waals surface area contributed by atoms with E-state index in [4.69, 9.17) is 4.74 Å². The fourth-order valence-electron chi connectivity index (χ4n) is 3.96. The van der Waals surface area contributed by atoms with Gasteiger partial charge in [0.1, 0.15) is 5.75 Å². The summed E-state index contributed by atoms with van der Waals surface area (Å²) in [6, 6.07) is 6.48. The molecule has 1 aromatic heterocycles. The summed E-state index contributed by atoms with van der Waals surface area (Å²) in [5.41, 5.74) is 6.77. The molecule has 1 aromatic carbocycles. The second-order valence-corrected chi connectivity index (χ2v) is 7.01. The molecule has 0 amide bonds. The van der Waals surface area contributed by atoms with E-state index in [1.165, 1.54) is 36.2 Å². The number of aromatic nitrogens is 2. The highest BCUT2D eigenvalue weighted by molar-refractivity contribution is 5.80. The van der Waals surface area contributed by atoms with E-state index in [0.29, 0.717) is 0 Å². The maximum absolute atomic E-state index is 5.43. The molecule has 0 spiro atoms. The first-order valence-corrected chi connectivity index (χ1v) is 9.13. The van der Waals surface area contributed by atoms with Gasteiger partial charge in [-0.15, -0.1) is 0 Å². The van der Waals surface area contributed by atoms with Crippen molar-refractivity contribution in [2.75, 3.05) is 26.7 Å². The summed E-state index contributed by atoms with van der Waals surface area (Å²) >= 11 is 0. The standard InChI is InChI=1S/C21H25N3O/c1-15(20-14-22-7-8-23-20)21-16(6-11-24-9-3-10-24)12-17-13-18(25-2)4-5-19(17)21/h4-5,7-8,13-15H,3,6,9-12H2,1-2H3. The van der Waals surface area contributed by atoms with Crippen LogP contribution in [0.15, 0.2) is 42.4 Å². The van der Waals surface area contributed by atoms with Crippen molar-refractivity contribution in [2.45, 2.75) is 32.1 Å². The van der Waals surface area contributed by atoms with Crippen LogP contribution in [0.2, 0.25) is 0 Å². The normalized spacial score (nSPS) is 18.0. The minimum absolute atomic E-state index is 0.259. The van der Waals surface area contributed by atoms with Crippen molar-refractivity contribution in [3.8, 4) is 5.75 Å². The molecule has 4 nitrogen and oxygen atoms in total. The van der Waals surface area contributed by atoms with Crippen LogP contribution in [0.25, 0.3) is 5.57 Å². The Morgan fingerprint density at radius 3 is 2.80 bits per heavy atom. The molecule has 1 fully saturated rings.